The first kappa shape index (κ1) is 27.5. The number of anilines is 2. The molecule has 0 spiro atoms. The van der Waals surface area contributed by atoms with E-state index >= 15 is 0 Å². The SMILES string of the molecule is Cc1cc(C)c(C)c(S(=O)(=O)N2CCN(CC(=O)Nc3ccccc3C(=O)Nc3ccccc3)CC2)c1C. The average molecular weight is 535 g/mol. The Morgan fingerprint density at radius 1 is 0.789 bits per heavy atom. The van der Waals surface area contributed by atoms with Gasteiger partial charge < -0.3 is 10.6 Å². The summed E-state index contributed by atoms with van der Waals surface area (Å²) in [6.07, 6.45) is 0. The summed E-state index contributed by atoms with van der Waals surface area (Å²) in [5.74, 6) is -0.579. The van der Waals surface area contributed by atoms with Gasteiger partial charge in [-0.1, -0.05) is 36.4 Å². The van der Waals surface area contributed by atoms with Crippen LogP contribution in [0.2, 0.25) is 0 Å². The number of carbonyl (C=O) groups excluding carboxylic acids is 2. The van der Waals surface area contributed by atoms with E-state index in [0.717, 1.165) is 22.3 Å². The maximum Gasteiger partial charge on any atom is 0.257 e. The monoisotopic (exact) mass is 534 g/mol. The lowest BCUT2D eigenvalue weighted by Crippen LogP contribution is -2.50. The molecular weight excluding hydrogens is 500 g/mol. The van der Waals surface area contributed by atoms with Gasteiger partial charge in [-0.15, -0.1) is 0 Å². The fraction of sp³-hybridized carbons (Fsp3) is 0.310. The molecule has 38 heavy (non-hydrogen) atoms. The number of nitrogens with zero attached hydrogens (tertiary/aromatic N) is 2. The number of nitrogens with one attached hydrogen (secondary N) is 2. The fourth-order valence-corrected chi connectivity index (χ4v) is 6.73. The number of piperazine rings is 1. The van der Waals surface area contributed by atoms with Crippen molar-refractivity contribution in [1.29, 1.82) is 0 Å². The Hall–Kier alpha value is -3.53. The second-order valence-electron chi connectivity index (χ2n) is 9.68. The van der Waals surface area contributed by atoms with Gasteiger partial charge in [0.25, 0.3) is 5.91 Å². The number of carbonyl (C=O) groups is 2. The quantitative estimate of drug-likeness (QED) is 0.475. The van der Waals surface area contributed by atoms with Crippen LogP contribution in [-0.4, -0.2) is 62.2 Å². The molecule has 1 saturated heterocycles. The summed E-state index contributed by atoms with van der Waals surface area (Å²) in [5.41, 5.74) is 4.93. The van der Waals surface area contributed by atoms with Crippen molar-refractivity contribution in [3.63, 3.8) is 0 Å². The first-order chi connectivity index (χ1) is 18.1. The summed E-state index contributed by atoms with van der Waals surface area (Å²) < 4.78 is 28.6. The zero-order valence-electron chi connectivity index (χ0n) is 22.2. The van der Waals surface area contributed by atoms with Crippen molar-refractivity contribution in [1.82, 2.24) is 9.21 Å². The Kier molecular flexibility index (Phi) is 8.30. The van der Waals surface area contributed by atoms with Gasteiger partial charge in [-0.3, -0.25) is 14.5 Å². The van der Waals surface area contributed by atoms with Gasteiger partial charge in [0.15, 0.2) is 0 Å². The number of amides is 2. The molecule has 9 heteroatoms. The lowest BCUT2D eigenvalue weighted by molar-refractivity contribution is -0.117. The Balaban J connectivity index is 1.38. The molecule has 200 valence electrons. The summed E-state index contributed by atoms with van der Waals surface area (Å²) in [4.78, 5) is 28.0. The van der Waals surface area contributed by atoms with E-state index in [2.05, 4.69) is 10.6 Å². The number of benzene rings is 3. The van der Waals surface area contributed by atoms with Crippen LogP contribution in [0.1, 0.15) is 32.6 Å². The standard InChI is InChI=1S/C29H34N4O4S/c1-20-18-21(2)23(4)28(22(20)3)38(36,37)33-16-14-32(15-17-33)19-27(34)31-26-13-9-8-12-25(26)29(35)30-24-10-6-5-7-11-24/h5-13,18H,14-17,19H2,1-4H3,(H,30,35)(H,31,34). The van der Waals surface area contributed by atoms with Crippen LogP contribution in [0.25, 0.3) is 0 Å². The van der Waals surface area contributed by atoms with Crippen LogP contribution < -0.4 is 10.6 Å². The molecule has 0 aromatic heterocycles. The highest BCUT2D eigenvalue weighted by atomic mass is 32.2. The maximum absolute atomic E-state index is 13.5. The van der Waals surface area contributed by atoms with Gasteiger partial charge in [-0.25, -0.2) is 8.42 Å². The van der Waals surface area contributed by atoms with Crippen molar-refractivity contribution in [2.45, 2.75) is 32.6 Å². The average Bonchev–Trinajstić information content (AvgIpc) is 2.88. The van der Waals surface area contributed by atoms with Gasteiger partial charge in [-0.2, -0.15) is 4.31 Å². The third kappa shape index (κ3) is 5.96. The molecule has 1 heterocycles. The van der Waals surface area contributed by atoms with E-state index < -0.39 is 10.0 Å². The predicted molar refractivity (Wildman–Crippen MR) is 150 cm³/mol. The molecular formula is C29H34N4O4S. The van der Waals surface area contributed by atoms with Crippen LogP contribution in [-0.2, 0) is 14.8 Å². The van der Waals surface area contributed by atoms with E-state index in [-0.39, 0.29) is 18.4 Å². The molecule has 1 fully saturated rings. The zero-order valence-corrected chi connectivity index (χ0v) is 23.1. The molecule has 0 unspecified atom stereocenters. The highest BCUT2D eigenvalue weighted by Gasteiger charge is 2.32. The molecule has 0 saturated carbocycles. The van der Waals surface area contributed by atoms with Gasteiger partial charge in [0.2, 0.25) is 15.9 Å². The molecule has 0 aliphatic carbocycles. The van der Waals surface area contributed by atoms with Crippen molar-refractivity contribution in [3.8, 4) is 0 Å². The van der Waals surface area contributed by atoms with Crippen molar-refractivity contribution in [2.24, 2.45) is 0 Å². The van der Waals surface area contributed by atoms with Crippen LogP contribution in [0, 0.1) is 27.7 Å². The third-order valence-electron chi connectivity index (χ3n) is 7.07. The van der Waals surface area contributed by atoms with Crippen LogP contribution in [0.4, 0.5) is 11.4 Å². The Labute approximate surface area is 224 Å². The molecule has 0 radical (unpaired) electrons. The largest absolute Gasteiger partial charge is 0.324 e. The molecule has 0 atom stereocenters. The van der Waals surface area contributed by atoms with Crippen LogP contribution in [0.15, 0.2) is 65.6 Å². The van der Waals surface area contributed by atoms with Crippen molar-refractivity contribution in [2.75, 3.05) is 43.4 Å². The van der Waals surface area contributed by atoms with Crippen molar-refractivity contribution in [3.05, 3.63) is 88.5 Å². The Morgan fingerprint density at radius 3 is 2.00 bits per heavy atom. The topological polar surface area (TPSA) is 98.8 Å². The second kappa shape index (κ2) is 11.5. The molecule has 0 bridgehead atoms. The van der Waals surface area contributed by atoms with E-state index in [1.165, 1.54) is 4.31 Å². The number of hydrogen-bond acceptors (Lipinski definition) is 5. The Morgan fingerprint density at radius 2 is 1.37 bits per heavy atom. The molecule has 1 aliphatic rings. The molecule has 4 rings (SSSR count). The molecule has 3 aromatic carbocycles. The molecule has 2 amide bonds. The smallest absolute Gasteiger partial charge is 0.257 e. The Bertz CT molecular complexity index is 1420. The lowest BCUT2D eigenvalue weighted by Gasteiger charge is -2.34. The number of hydrogen-bond donors (Lipinski definition) is 2. The molecule has 8 nitrogen and oxygen atoms in total. The summed E-state index contributed by atoms with van der Waals surface area (Å²) in [6, 6.07) is 18.0. The van der Waals surface area contributed by atoms with Crippen molar-refractivity contribution >= 4 is 33.2 Å². The first-order valence-electron chi connectivity index (χ1n) is 12.6. The number of rotatable bonds is 7. The molecule has 2 N–H and O–H groups in total. The van der Waals surface area contributed by atoms with Gasteiger partial charge in [0.1, 0.15) is 0 Å². The number of para-hydroxylation sites is 2. The van der Waals surface area contributed by atoms with Crippen LogP contribution in [0.5, 0.6) is 0 Å². The fourth-order valence-electron chi connectivity index (χ4n) is 4.73. The summed E-state index contributed by atoms with van der Waals surface area (Å²) in [6.45, 7) is 9.15. The molecule has 1 aliphatic heterocycles. The van der Waals surface area contributed by atoms with E-state index in [4.69, 9.17) is 0 Å². The normalized spacial score (nSPS) is 14.7. The molecule has 3 aromatic rings. The van der Waals surface area contributed by atoms with E-state index in [0.29, 0.717) is 48.0 Å². The second-order valence-corrected chi connectivity index (χ2v) is 11.6. The van der Waals surface area contributed by atoms with Crippen LogP contribution >= 0.6 is 0 Å². The minimum atomic E-state index is -3.65. The van der Waals surface area contributed by atoms with Gasteiger partial charge in [0, 0.05) is 31.9 Å². The van der Waals surface area contributed by atoms with E-state index in [9.17, 15) is 18.0 Å². The minimum absolute atomic E-state index is 0.101. The van der Waals surface area contributed by atoms with Crippen molar-refractivity contribution < 1.29 is 18.0 Å². The third-order valence-corrected chi connectivity index (χ3v) is 9.24. The first-order valence-corrected chi connectivity index (χ1v) is 14.1. The summed E-state index contributed by atoms with van der Waals surface area (Å²) in [5, 5.41) is 5.68. The highest BCUT2D eigenvalue weighted by Crippen LogP contribution is 2.29. The lowest BCUT2D eigenvalue weighted by atomic mass is 10.0. The summed E-state index contributed by atoms with van der Waals surface area (Å²) in [7, 11) is -3.65. The zero-order chi connectivity index (χ0) is 27.4. The maximum atomic E-state index is 13.5. The minimum Gasteiger partial charge on any atom is -0.324 e. The van der Waals surface area contributed by atoms with Gasteiger partial charge in [0.05, 0.1) is 22.7 Å². The number of sulfonamides is 1. The van der Waals surface area contributed by atoms with E-state index in [1.807, 2.05) is 56.9 Å². The van der Waals surface area contributed by atoms with Crippen LogP contribution in [0.3, 0.4) is 0 Å². The summed E-state index contributed by atoms with van der Waals surface area (Å²) >= 11 is 0. The number of aryl methyl sites for hydroxylation is 2. The van der Waals surface area contributed by atoms with Gasteiger partial charge >= 0.3 is 0 Å². The highest BCUT2D eigenvalue weighted by molar-refractivity contribution is 7.89. The van der Waals surface area contributed by atoms with Gasteiger partial charge in [-0.05, 0) is 74.2 Å². The predicted octanol–water partition coefficient (Wildman–Crippen LogP) is 4.12. The van der Waals surface area contributed by atoms with E-state index in [1.54, 1.807) is 36.4 Å².